The number of thiazole rings is 2. The van der Waals surface area contributed by atoms with Gasteiger partial charge in [0.2, 0.25) is 0 Å². The highest BCUT2D eigenvalue weighted by atomic mass is 35.5. The van der Waals surface area contributed by atoms with Crippen molar-refractivity contribution >= 4 is 66.3 Å². The third kappa shape index (κ3) is 5.49. The summed E-state index contributed by atoms with van der Waals surface area (Å²) in [4.78, 5) is 9.05. The maximum Gasteiger partial charge on any atom is 0.160 e. The van der Waals surface area contributed by atoms with Gasteiger partial charge >= 0.3 is 0 Å². The average Bonchev–Trinajstić information content (AvgIpc) is 3.52. The number of benzene rings is 4. The van der Waals surface area contributed by atoms with Crippen LogP contribution in [-0.2, 0) is 0 Å². The van der Waals surface area contributed by atoms with Crippen LogP contribution in [0.15, 0.2) is 72.8 Å². The van der Waals surface area contributed by atoms with E-state index >= 15 is 0 Å². The number of ether oxygens (including phenoxy) is 2. The number of rotatable bonds is 4. The predicted molar refractivity (Wildman–Crippen MR) is 157 cm³/mol. The first kappa shape index (κ1) is 26.1. The Bertz CT molecular complexity index is 1640. The van der Waals surface area contributed by atoms with E-state index < -0.39 is 0 Å². The van der Waals surface area contributed by atoms with E-state index in [2.05, 4.69) is 9.97 Å². The summed E-state index contributed by atoms with van der Waals surface area (Å²) in [5.74, 6) is 1.12. The SMILES string of the molecule is COc1ccc(-c2nc3cc(Cl)ccc3s2)cc1O.COc1ccc(-c2nc3cc(Cl)ccc3s2)cc1O. The first-order valence-electron chi connectivity index (χ1n) is 11.2. The summed E-state index contributed by atoms with van der Waals surface area (Å²) in [6, 6.07) is 21.7. The number of nitrogens with zero attached hydrogens (tertiary/aromatic N) is 2. The first-order chi connectivity index (χ1) is 18.3. The molecular weight excluding hydrogens is 563 g/mol. The third-order valence-corrected chi connectivity index (χ3v) is 8.19. The molecule has 0 aliphatic carbocycles. The Morgan fingerprint density at radius 1 is 0.605 bits per heavy atom. The second-order valence-corrected chi connectivity index (χ2v) is 11.0. The van der Waals surface area contributed by atoms with Gasteiger partial charge in [0, 0.05) is 21.2 Å². The van der Waals surface area contributed by atoms with Crippen molar-refractivity contribution in [3.05, 3.63) is 82.8 Å². The molecule has 0 bridgehead atoms. The van der Waals surface area contributed by atoms with Crippen molar-refractivity contribution in [2.24, 2.45) is 0 Å². The van der Waals surface area contributed by atoms with Crippen LogP contribution in [0.4, 0.5) is 0 Å². The van der Waals surface area contributed by atoms with Crippen LogP contribution in [-0.4, -0.2) is 34.4 Å². The Balaban J connectivity index is 0.000000155. The quantitative estimate of drug-likeness (QED) is 0.216. The van der Waals surface area contributed by atoms with E-state index in [1.165, 1.54) is 14.2 Å². The summed E-state index contributed by atoms with van der Waals surface area (Å²) in [5, 5.41) is 22.6. The van der Waals surface area contributed by atoms with Crippen molar-refractivity contribution in [2.45, 2.75) is 0 Å². The summed E-state index contributed by atoms with van der Waals surface area (Å²) >= 11 is 15.0. The lowest BCUT2D eigenvalue weighted by molar-refractivity contribution is 0.373. The van der Waals surface area contributed by atoms with Gasteiger partial charge in [-0.05, 0) is 72.8 Å². The zero-order valence-corrected chi connectivity index (χ0v) is 23.3. The molecule has 4 aromatic carbocycles. The number of methoxy groups -OCH3 is 2. The van der Waals surface area contributed by atoms with Crippen LogP contribution >= 0.6 is 45.9 Å². The second-order valence-electron chi connectivity index (χ2n) is 8.04. The standard InChI is InChI=1S/2C14H10ClNO2S/c2*1-18-12-4-2-8(6-11(12)17)14-16-10-7-9(15)3-5-13(10)19-14/h2*2-7,17H,1H3. The molecule has 10 heteroatoms. The molecule has 0 fully saturated rings. The number of hydrogen-bond acceptors (Lipinski definition) is 8. The highest BCUT2D eigenvalue weighted by Crippen LogP contribution is 2.37. The van der Waals surface area contributed by atoms with Gasteiger partial charge in [0.1, 0.15) is 10.0 Å². The average molecular weight is 584 g/mol. The summed E-state index contributed by atoms with van der Waals surface area (Å²) in [6.45, 7) is 0. The van der Waals surface area contributed by atoms with Crippen molar-refractivity contribution in [1.82, 2.24) is 9.97 Å². The first-order valence-corrected chi connectivity index (χ1v) is 13.6. The summed E-state index contributed by atoms with van der Waals surface area (Å²) in [6.07, 6.45) is 0. The molecule has 0 amide bonds. The summed E-state index contributed by atoms with van der Waals surface area (Å²) in [5.41, 5.74) is 3.44. The molecule has 0 spiro atoms. The molecule has 0 unspecified atom stereocenters. The number of phenols is 2. The van der Waals surface area contributed by atoms with Gasteiger partial charge in [-0.3, -0.25) is 0 Å². The van der Waals surface area contributed by atoms with Gasteiger partial charge in [-0.2, -0.15) is 0 Å². The lowest BCUT2D eigenvalue weighted by Gasteiger charge is -2.03. The number of fused-ring (bicyclic) bond motifs is 2. The van der Waals surface area contributed by atoms with Crippen molar-refractivity contribution in [2.75, 3.05) is 14.2 Å². The zero-order valence-electron chi connectivity index (χ0n) is 20.1. The lowest BCUT2D eigenvalue weighted by Crippen LogP contribution is -1.84. The number of halogens is 2. The fourth-order valence-corrected chi connectivity index (χ4v) is 5.91. The van der Waals surface area contributed by atoms with Crippen molar-refractivity contribution in [3.63, 3.8) is 0 Å². The smallest absolute Gasteiger partial charge is 0.160 e. The number of hydrogen-bond donors (Lipinski definition) is 2. The largest absolute Gasteiger partial charge is 0.504 e. The number of aromatic nitrogens is 2. The van der Waals surface area contributed by atoms with Crippen LogP contribution in [0, 0.1) is 0 Å². The highest BCUT2D eigenvalue weighted by molar-refractivity contribution is 7.22. The molecule has 0 atom stereocenters. The van der Waals surface area contributed by atoms with Crippen LogP contribution in [0.3, 0.4) is 0 Å². The van der Waals surface area contributed by atoms with Gasteiger partial charge in [-0.1, -0.05) is 23.2 Å². The van der Waals surface area contributed by atoms with E-state index in [1.54, 1.807) is 46.9 Å². The molecule has 2 aromatic heterocycles. The second kappa shape index (κ2) is 11.0. The van der Waals surface area contributed by atoms with E-state index in [0.29, 0.717) is 21.5 Å². The molecule has 0 saturated carbocycles. The molecule has 6 rings (SSSR count). The van der Waals surface area contributed by atoms with E-state index in [-0.39, 0.29) is 11.5 Å². The maximum atomic E-state index is 9.80. The molecule has 6 aromatic rings. The van der Waals surface area contributed by atoms with Gasteiger partial charge in [0.25, 0.3) is 0 Å². The van der Waals surface area contributed by atoms with Crippen molar-refractivity contribution in [1.29, 1.82) is 0 Å². The van der Waals surface area contributed by atoms with E-state index in [0.717, 1.165) is 41.6 Å². The minimum atomic E-state index is 0.109. The van der Waals surface area contributed by atoms with E-state index in [9.17, 15) is 10.2 Å². The molecule has 0 saturated heterocycles. The van der Waals surface area contributed by atoms with Crippen molar-refractivity contribution in [3.8, 4) is 44.1 Å². The van der Waals surface area contributed by atoms with Gasteiger partial charge in [0.05, 0.1) is 34.7 Å². The monoisotopic (exact) mass is 582 g/mol. The van der Waals surface area contributed by atoms with Gasteiger partial charge in [-0.25, -0.2) is 9.97 Å². The number of aromatic hydroxyl groups is 2. The van der Waals surface area contributed by atoms with Crippen molar-refractivity contribution < 1.29 is 19.7 Å². The molecule has 2 heterocycles. The minimum absolute atomic E-state index is 0.109. The number of phenolic OH excluding ortho intramolecular Hbond substituents is 2. The normalized spacial score (nSPS) is 10.8. The van der Waals surface area contributed by atoms with E-state index in [1.807, 2.05) is 48.5 Å². The molecule has 192 valence electrons. The summed E-state index contributed by atoms with van der Waals surface area (Å²) < 4.78 is 12.2. The molecular formula is C28H20Cl2N2O4S2. The van der Waals surface area contributed by atoms with Gasteiger partial charge < -0.3 is 19.7 Å². The third-order valence-electron chi connectivity index (χ3n) is 5.55. The molecule has 0 aliphatic heterocycles. The molecule has 0 radical (unpaired) electrons. The van der Waals surface area contributed by atoms with E-state index in [4.69, 9.17) is 32.7 Å². The molecule has 6 nitrogen and oxygen atoms in total. The minimum Gasteiger partial charge on any atom is -0.504 e. The lowest BCUT2D eigenvalue weighted by atomic mass is 10.2. The summed E-state index contributed by atoms with van der Waals surface area (Å²) in [7, 11) is 3.04. The molecule has 0 aliphatic rings. The maximum absolute atomic E-state index is 9.80. The van der Waals surface area contributed by atoms with Crippen LogP contribution in [0.5, 0.6) is 23.0 Å². The Morgan fingerprint density at radius 2 is 1.03 bits per heavy atom. The topological polar surface area (TPSA) is 84.7 Å². The molecule has 38 heavy (non-hydrogen) atoms. The Hall–Kier alpha value is -3.56. The zero-order chi connectivity index (χ0) is 26.8. The van der Waals surface area contributed by atoms with Crippen LogP contribution in [0.2, 0.25) is 10.0 Å². The van der Waals surface area contributed by atoms with Gasteiger partial charge in [-0.15, -0.1) is 22.7 Å². The van der Waals surface area contributed by atoms with Crippen LogP contribution < -0.4 is 9.47 Å². The fourth-order valence-electron chi connectivity index (χ4n) is 3.69. The van der Waals surface area contributed by atoms with Crippen LogP contribution in [0.1, 0.15) is 0 Å². The molecule has 2 N–H and O–H groups in total. The van der Waals surface area contributed by atoms with Crippen LogP contribution in [0.25, 0.3) is 41.6 Å². The Labute approximate surface area is 236 Å². The van der Waals surface area contributed by atoms with Gasteiger partial charge in [0.15, 0.2) is 23.0 Å². The Kier molecular flexibility index (Phi) is 7.58. The highest BCUT2D eigenvalue weighted by Gasteiger charge is 2.11. The fraction of sp³-hybridized carbons (Fsp3) is 0.0714. The Morgan fingerprint density at radius 3 is 1.39 bits per heavy atom. The predicted octanol–water partition coefficient (Wildman–Crippen LogP) is 8.66.